The van der Waals surface area contributed by atoms with Crippen LogP contribution in [0.15, 0.2) is 28.8 Å². The Balaban J connectivity index is 1.55. The van der Waals surface area contributed by atoms with Gasteiger partial charge in [0.2, 0.25) is 5.89 Å². The number of nitrogens with zero attached hydrogens (tertiary/aromatic N) is 4. The fourth-order valence-corrected chi connectivity index (χ4v) is 3.56. The van der Waals surface area contributed by atoms with Crippen LogP contribution in [-0.4, -0.2) is 46.7 Å². The van der Waals surface area contributed by atoms with E-state index in [-0.39, 0.29) is 5.91 Å². The number of benzene rings is 1. The smallest absolute Gasteiger partial charge is 0.265 e. The average molecular weight is 356 g/mol. The molecule has 7 heteroatoms. The first kappa shape index (κ1) is 16.9. The molecule has 4 rings (SSSR count). The van der Waals surface area contributed by atoms with Crippen molar-refractivity contribution in [2.24, 2.45) is 0 Å². The van der Waals surface area contributed by atoms with E-state index in [0.717, 1.165) is 43.8 Å². The van der Waals surface area contributed by atoms with Gasteiger partial charge in [0.05, 0.1) is 18.8 Å². The number of fused-ring (bicyclic) bond motifs is 1. The van der Waals surface area contributed by atoms with Gasteiger partial charge in [-0.15, -0.1) is 0 Å². The Hall–Kier alpha value is -2.57. The molecule has 2 aromatic rings. The van der Waals surface area contributed by atoms with Gasteiger partial charge in [0.1, 0.15) is 5.75 Å². The lowest BCUT2D eigenvalue weighted by molar-refractivity contribution is -0.139. The van der Waals surface area contributed by atoms with Crippen molar-refractivity contribution in [1.29, 1.82) is 0 Å². The van der Waals surface area contributed by atoms with E-state index in [4.69, 9.17) is 9.26 Å². The number of amides is 1. The molecule has 1 aromatic heterocycles. The van der Waals surface area contributed by atoms with Crippen molar-refractivity contribution in [3.63, 3.8) is 0 Å². The lowest BCUT2D eigenvalue weighted by atomic mass is 10.1. The molecular weight excluding hydrogens is 332 g/mol. The second-order valence-corrected chi connectivity index (χ2v) is 6.80. The predicted octanol–water partition coefficient (Wildman–Crippen LogP) is 2.41. The highest BCUT2D eigenvalue weighted by molar-refractivity contribution is 5.83. The number of rotatable bonds is 4. The highest BCUT2D eigenvalue weighted by Crippen LogP contribution is 2.34. The van der Waals surface area contributed by atoms with Crippen molar-refractivity contribution in [2.45, 2.75) is 45.3 Å². The Labute approximate surface area is 152 Å². The standard InChI is InChI=1S/C19H24N4O3/c1-2-17-20-18(26-21-17)13-23-12-16(19(24)22-10-6-3-7-11-22)25-15-9-5-4-8-14(15)23/h4-5,8-9,16H,2-3,6-7,10-13H2,1H3. The van der Waals surface area contributed by atoms with Crippen LogP contribution in [0.3, 0.4) is 0 Å². The number of likely N-dealkylation sites (tertiary alicyclic amines) is 1. The molecule has 138 valence electrons. The molecule has 7 nitrogen and oxygen atoms in total. The zero-order chi connectivity index (χ0) is 17.9. The van der Waals surface area contributed by atoms with Crippen molar-refractivity contribution < 1.29 is 14.1 Å². The number of anilines is 1. The summed E-state index contributed by atoms with van der Waals surface area (Å²) < 4.78 is 11.4. The number of ether oxygens (including phenoxy) is 1. The lowest BCUT2D eigenvalue weighted by Gasteiger charge is -2.37. The van der Waals surface area contributed by atoms with E-state index in [1.807, 2.05) is 36.1 Å². The first-order valence-electron chi connectivity index (χ1n) is 9.35. The zero-order valence-electron chi connectivity index (χ0n) is 15.1. The fraction of sp³-hybridized carbons (Fsp3) is 0.526. The molecule has 1 atom stereocenters. The summed E-state index contributed by atoms with van der Waals surface area (Å²) in [6.07, 6.45) is 3.57. The number of aryl methyl sites for hydroxylation is 1. The van der Waals surface area contributed by atoms with Gasteiger partial charge >= 0.3 is 0 Å². The van der Waals surface area contributed by atoms with Crippen LogP contribution in [-0.2, 0) is 17.8 Å². The third-order valence-electron chi connectivity index (χ3n) is 4.96. The van der Waals surface area contributed by atoms with Crippen LogP contribution in [0.5, 0.6) is 5.75 Å². The molecule has 1 aromatic carbocycles. The van der Waals surface area contributed by atoms with E-state index in [1.165, 1.54) is 6.42 Å². The quantitative estimate of drug-likeness (QED) is 0.838. The summed E-state index contributed by atoms with van der Waals surface area (Å²) in [5, 5.41) is 3.96. The van der Waals surface area contributed by atoms with E-state index >= 15 is 0 Å². The van der Waals surface area contributed by atoms with Gasteiger partial charge in [0.25, 0.3) is 5.91 Å². The van der Waals surface area contributed by atoms with Gasteiger partial charge in [-0.1, -0.05) is 24.2 Å². The summed E-state index contributed by atoms with van der Waals surface area (Å²) in [5.74, 6) is 2.05. The van der Waals surface area contributed by atoms with E-state index in [0.29, 0.717) is 24.8 Å². The maximum absolute atomic E-state index is 12.9. The number of hydrogen-bond donors (Lipinski definition) is 0. The van der Waals surface area contributed by atoms with Gasteiger partial charge in [-0.3, -0.25) is 4.79 Å². The summed E-state index contributed by atoms with van der Waals surface area (Å²) in [6, 6.07) is 7.79. The number of aromatic nitrogens is 2. The Kier molecular flexibility index (Phi) is 4.77. The molecule has 0 N–H and O–H groups in total. The largest absolute Gasteiger partial charge is 0.477 e. The van der Waals surface area contributed by atoms with Crippen LogP contribution in [0.4, 0.5) is 5.69 Å². The maximum atomic E-state index is 12.9. The number of hydrogen-bond acceptors (Lipinski definition) is 6. The lowest BCUT2D eigenvalue weighted by Crippen LogP contribution is -2.51. The van der Waals surface area contributed by atoms with Crippen LogP contribution < -0.4 is 9.64 Å². The van der Waals surface area contributed by atoms with Crippen molar-refractivity contribution in [2.75, 3.05) is 24.5 Å². The molecule has 1 saturated heterocycles. The highest BCUT2D eigenvalue weighted by Gasteiger charge is 2.34. The Morgan fingerprint density at radius 2 is 2.04 bits per heavy atom. The van der Waals surface area contributed by atoms with Crippen LogP contribution in [0.25, 0.3) is 0 Å². The minimum atomic E-state index is -0.503. The van der Waals surface area contributed by atoms with E-state index in [9.17, 15) is 4.79 Å². The van der Waals surface area contributed by atoms with Crippen molar-refractivity contribution in [1.82, 2.24) is 15.0 Å². The van der Waals surface area contributed by atoms with Gasteiger partial charge in [0, 0.05) is 19.5 Å². The van der Waals surface area contributed by atoms with E-state index in [1.54, 1.807) is 0 Å². The molecule has 0 spiro atoms. The minimum absolute atomic E-state index is 0.0731. The second kappa shape index (κ2) is 7.35. The highest BCUT2D eigenvalue weighted by atomic mass is 16.5. The minimum Gasteiger partial charge on any atom is -0.477 e. The van der Waals surface area contributed by atoms with Gasteiger partial charge in [-0.2, -0.15) is 4.98 Å². The number of piperidine rings is 1. The Morgan fingerprint density at radius 1 is 1.23 bits per heavy atom. The summed E-state index contributed by atoms with van der Waals surface area (Å²) in [4.78, 5) is 21.4. The summed E-state index contributed by atoms with van der Waals surface area (Å²) in [6.45, 7) is 4.59. The molecule has 1 unspecified atom stereocenters. The third kappa shape index (κ3) is 3.38. The van der Waals surface area contributed by atoms with Gasteiger partial charge in [0.15, 0.2) is 11.9 Å². The maximum Gasteiger partial charge on any atom is 0.265 e. The number of carbonyl (C=O) groups excluding carboxylic acids is 1. The Bertz CT molecular complexity index is 770. The number of para-hydroxylation sites is 2. The molecule has 2 aliphatic heterocycles. The molecule has 26 heavy (non-hydrogen) atoms. The topological polar surface area (TPSA) is 71.7 Å². The summed E-state index contributed by atoms with van der Waals surface area (Å²) in [7, 11) is 0. The van der Waals surface area contributed by atoms with Gasteiger partial charge < -0.3 is 19.1 Å². The monoisotopic (exact) mass is 356 g/mol. The van der Waals surface area contributed by atoms with Crippen molar-refractivity contribution in [3.05, 3.63) is 36.0 Å². The zero-order valence-corrected chi connectivity index (χ0v) is 15.1. The normalized spacial score (nSPS) is 19.8. The molecule has 0 aliphatic carbocycles. The van der Waals surface area contributed by atoms with Crippen LogP contribution >= 0.6 is 0 Å². The van der Waals surface area contributed by atoms with Crippen molar-refractivity contribution in [3.8, 4) is 5.75 Å². The molecule has 0 saturated carbocycles. The van der Waals surface area contributed by atoms with Crippen LogP contribution in [0.1, 0.15) is 37.9 Å². The molecule has 0 bridgehead atoms. The molecule has 0 radical (unpaired) electrons. The average Bonchev–Trinajstić information content (AvgIpc) is 3.15. The van der Waals surface area contributed by atoms with E-state index in [2.05, 4.69) is 15.0 Å². The predicted molar refractivity (Wildman–Crippen MR) is 96.0 cm³/mol. The van der Waals surface area contributed by atoms with E-state index < -0.39 is 6.10 Å². The summed E-state index contributed by atoms with van der Waals surface area (Å²) >= 11 is 0. The fourth-order valence-electron chi connectivity index (χ4n) is 3.56. The van der Waals surface area contributed by atoms with Crippen molar-refractivity contribution >= 4 is 11.6 Å². The molecule has 2 aliphatic rings. The molecular formula is C19H24N4O3. The summed E-state index contributed by atoms with van der Waals surface area (Å²) in [5.41, 5.74) is 0.950. The third-order valence-corrected chi connectivity index (χ3v) is 4.96. The van der Waals surface area contributed by atoms with Gasteiger partial charge in [-0.05, 0) is 31.4 Å². The van der Waals surface area contributed by atoms with Crippen LogP contribution in [0.2, 0.25) is 0 Å². The first-order chi connectivity index (χ1) is 12.7. The first-order valence-corrected chi connectivity index (χ1v) is 9.35. The van der Waals surface area contributed by atoms with Crippen LogP contribution in [0, 0.1) is 0 Å². The number of carbonyl (C=O) groups is 1. The second-order valence-electron chi connectivity index (χ2n) is 6.80. The SMILES string of the molecule is CCc1noc(CN2CC(C(=O)N3CCCCC3)Oc3ccccc32)n1. The Morgan fingerprint density at radius 3 is 2.81 bits per heavy atom. The van der Waals surface area contributed by atoms with Gasteiger partial charge in [-0.25, -0.2) is 0 Å². The molecule has 3 heterocycles. The molecule has 1 amide bonds. The molecule has 1 fully saturated rings.